The molecule has 0 amide bonds. The summed E-state index contributed by atoms with van der Waals surface area (Å²) in [5.41, 5.74) is 1.43. The molecule has 0 bridgehead atoms. The molecule has 2 saturated heterocycles. The molecule has 4 heterocycles. The van der Waals surface area contributed by atoms with Gasteiger partial charge in [0, 0.05) is 68.3 Å². The molecule has 0 spiro atoms. The molecule has 3 aliphatic heterocycles. The normalized spacial score (nSPS) is 27.5. The monoisotopic (exact) mass is 429 g/mol. The highest BCUT2D eigenvalue weighted by Crippen LogP contribution is 2.34. The van der Waals surface area contributed by atoms with Crippen LogP contribution in [-0.2, 0) is 17.8 Å². The van der Waals surface area contributed by atoms with Crippen molar-refractivity contribution >= 4 is 0 Å². The van der Waals surface area contributed by atoms with Gasteiger partial charge in [0.15, 0.2) is 0 Å². The molecule has 0 aliphatic carbocycles. The maximum absolute atomic E-state index is 6.15. The van der Waals surface area contributed by atoms with Gasteiger partial charge in [-0.15, -0.1) is 0 Å². The van der Waals surface area contributed by atoms with Gasteiger partial charge in [0.2, 0.25) is 0 Å². The zero-order chi connectivity index (χ0) is 22.4. The van der Waals surface area contributed by atoms with Crippen LogP contribution in [0.2, 0.25) is 0 Å². The van der Waals surface area contributed by atoms with E-state index < -0.39 is 0 Å². The summed E-state index contributed by atoms with van der Waals surface area (Å²) in [5.74, 6) is 1.77. The van der Waals surface area contributed by atoms with E-state index in [0.29, 0.717) is 18.0 Å². The summed E-state index contributed by atoms with van der Waals surface area (Å²) < 4.78 is 8.44. The number of imidazole rings is 1. The lowest BCUT2D eigenvalue weighted by molar-refractivity contribution is -0.102. The number of hydrogen-bond donors (Lipinski definition) is 0. The van der Waals surface area contributed by atoms with Gasteiger partial charge in [-0.3, -0.25) is 14.7 Å². The second-order valence-corrected chi connectivity index (χ2v) is 11.1. The molecule has 4 rings (SSSR count). The summed E-state index contributed by atoms with van der Waals surface area (Å²) in [4.78, 5) is 12.6. The molecule has 0 radical (unpaired) electrons. The maximum atomic E-state index is 6.15. The SMILES string of the molecule is C=C(C)C(C)(C)N1CCN2C(CC(C)C(C)(C)N3CCn4ccnc4C3)COCC2C1. The van der Waals surface area contributed by atoms with Gasteiger partial charge in [0.1, 0.15) is 5.82 Å². The predicted molar refractivity (Wildman–Crippen MR) is 126 cm³/mol. The number of ether oxygens (including phenoxy) is 1. The van der Waals surface area contributed by atoms with Gasteiger partial charge in [0.25, 0.3) is 0 Å². The van der Waals surface area contributed by atoms with E-state index in [4.69, 9.17) is 4.74 Å². The largest absolute Gasteiger partial charge is 0.378 e. The van der Waals surface area contributed by atoms with Crippen molar-refractivity contribution in [2.24, 2.45) is 5.92 Å². The fourth-order valence-corrected chi connectivity index (χ4v) is 5.59. The summed E-state index contributed by atoms with van der Waals surface area (Å²) in [7, 11) is 0. The molecule has 174 valence electrons. The number of rotatable bonds is 6. The molecule has 3 aliphatic rings. The van der Waals surface area contributed by atoms with Crippen LogP contribution in [0, 0.1) is 5.92 Å². The van der Waals surface area contributed by atoms with E-state index in [9.17, 15) is 0 Å². The van der Waals surface area contributed by atoms with Crippen molar-refractivity contribution < 1.29 is 4.74 Å². The molecule has 0 N–H and O–H groups in total. The highest BCUT2D eigenvalue weighted by Gasteiger charge is 2.42. The van der Waals surface area contributed by atoms with Crippen molar-refractivity contribution in [3.63, 3.8) is 0 Å². The van der Waals surface area contributed by atoms with Gasteiger partial charge in [-0.25, -0.2) is 4.98 Å². The zero-order valence-corrected chi connectivity index (χ0v) is 20.6. The minimum absolute atomic E-state index is 0.0499. The quantitative estimate of drug-likeness (QED) is 0.649. The molecule has 6 heteroatoms. The van der Waals surface area contributed by atoms with Gasteiger partial charge in [-0.1, -0.05) is 19.1 Å². The third-order valence-corrected chi connectivity index (χ3v) is 8.84. The van der Waals surface area contributed by atoms with Crippen LogP contribution < -0.4 is 0 Å². The first-order valence-electron chi connectivity index (χ1n) is 12.1. The molecule has 0 aromatic carbocycles. The fourth-order valence-electron chi connectivity index (χ4n) is 5.59. The van der Waals surface area contributed by atoms with Gasteiger partial charge in [0.05, 0.1) is 19.8 Å². The minimum Gasteiger partial charge on any atom is -0.378 e. The fraction of sp³-hybridized carbons (Fsp3) is 0.800. The number of fused-ring (bicyclic) bond motifs is 2. The van der Waals surface area contributed by atoms with Gasteiger partial charge < -0.3 is 9.30 Å². The lowest BCUT2D eigenvalue weighted by Crippen LogP contribution is -2.65. The Kier molecular flexibility index (Phi) is 6.39. The van der Waals surface area contributed by atoms with Gasteiger partial charge >= 0.3 is 0 Å². The van der Waals surface area contributed by atoms with Crippen LogP contribution in [0.3, 0.4) is 0 Å². The van der Waals surface area contributed by atoms with Crippen LogP contribution in [-0.4, -0.2) is 86.8 Å². The molecule has 2 fully saturated rings. The third kappa shape index (κ3) is 4.37. The van der Waals surface area contributed by atoms with E-state index in [1.165, 1.54) is 17.8 Å². The average Bonchev–Trinajstić information content (AvgIpc) is 3.21. The molecule has 0 saturated carbocycles. The third-order valence-electron chi connectivity index (χ3n) is 8.84. The minimum atomic E-state index is 0.0499. The Morgan fingerprint density at radius 2 is 1.90 bits per heavy atom. The van der Waals surface area contributed by atoms with E-state index in [1.54, 1.807) is 0 Å². The van der Waals surface area contributed by atoms with Crippen molar-refractivity contribution in [1.29, 1.82) is 0 Å². The first-order valence-corrected chi connectivity index (χ1v) is 12.1. The van der Waals surface area contributed by atoms with Crippen molar-refractivity contribution in [2.75, 3.05) is 39.4 Å². The average molecular weight is 430 g/mol. The lowest BCUT2D eigenvalue weighted by Gasteiger charge is -2.53. The number of piperazine rings is 1. The number of aromatic nitrogens is 2. The second kappa shape index (κ2) is 8.62. The molecule has 3 atom stereocenters. The molecule has 1 aromatic heterocycles. The van der Waals surface area contributed by atoms with Crippen molar-refractivity contribution in [1.82, 2.24) is 24.3 Å². The molecule has 31 heavy (non-hydrogen) atoms. The zero-order valence-electron chi connectivity index (χ0n) is 20.6. The van der Waals surface area contributed by atoms with E-state index in [1.807, 2.05) is 6.20 Å². The van der Waals surface area contributed by atoms with Crippen molar-refractivity contribution in [3.8, 4) is 0 Å². The molecule has 6 nitrogen and oxygen atoms in total. The van der Waals surface area contributed by atoms with Crippen LogP contribution in [0.1, 0.15) is 53.8 Å². The van der Waals surface area contributed by atoms with E-state index in [-0.39, 0.29) is 11.1 Å². The Balaban J connectivity index is 1.39. The highest BCUT2D eigenvalue weighted by atomic mass is 16.5. The summed E-state index contributed by atoms with van der Waals surface area (Å²) in [6, 6.07) is 0.999. The Morgan fingerprint density at radius 1 is 1.16 bits per heavy atom. The molecule has 3 unspecified atom stereocenters. The van der Waals surface area contributed by atoms with Crippen LogP contribution in [0.5, 0.6) is 0 Å². The summed E-state index contributed by atoms with van der Waals surface area (Å²) in [6.07, 6.45) is 5.22. The molecule has 1 aromatic rings. The van der Waals surface area contributed by atoms with Crippen LogP contribution >= 0.6 is 0 Å². The van der Waals surface area contributed by atoms with Crippen LogP contribution in [0.4, 0.5) is 0 Å². The maximum Gasteiger partial charge on any atom is 0.122 e. The molecular formula is C25H43N5O. The summed E-state index contributed by atoms with van der Waals surface area (Å²) in [5, 5.41) is 0. The summed E-state index contributed by atoms with van der Waals surface area (Å²) >= 11 is 0. The Labute approximate surface area is 189 Å². The smallest absolute Gasteiger partial charge is 0.122 e. The van der Waals surface area contributed by atoms with E-state index in [2.05, 4.69) is 78.6 Å². The molecular weight excluding hydrogens is 386 g/mol. The van der Waals surface area contributed by atoms with Gasteiger partial charge in [-0.05, 0) is 47.0 Å². The Hall–Kier alpha value is -1.21. The first kappa shape index (κ1) is 23.0. The van der Waals surface area contributed by atoms with Crippen molar-refractivity contribution in [3.05, 3.63) is 30.4 Å². The standard InChI is InChI=1S/C25H43N5O/c1-19(2)24(4,5)28-12-13-30-21(17-31-18-22(30)15-28)14-20(3)25(6,7)29-11-10-27-9-8-26-23(27)16-29/h8-9,20-22H,1,10-18H2,2-7H3. The number of nitrogens with zero attached hydrogens (tertiary/aromatic N) is 5. The highest BCUT2D eigenvalue weighted by molar-refractivity contribution is 5.12. The number of hydrogen-bond acceptors (Lipinski definition) is 5. The predicted octanol–water partition coefficient (Wildman–Crippen LogP) is 3.24. The first-order chi connectivity index (χ1) is 14.6. The van der Waals surface area contributed by atoms with Crippen molar-refractivity contribution in [2.45, 2.75) is 84.2 Å². The van der Waals surface area contributed by atoms with E-state index >= 15 is 0 Å². The Bertz CT molecular complexity index is 785. The second-order valence-electron chi connectivity index (χ2n) is 11.1. The lowest BCUT2D eigenvalue weighted by atomic mass is 9.81. The Morgan fingerprint density at radius 3 is 2.65 bits per heavy atom. The van der Waals surface area contributed by atoms with E-state index in [0.717, 1.165) is 52.5 Å². The van der Waals surface area contributed by atoms with Crippen LogP contribution in [0.25, 0.3) is 0 Å². The van der Waals surface area contributed by atoms with Gasteiger partial charge in [-0.2, -0.15) is 0 Å². The summed E-state index contributed by atoms with van der Waals surface area (Å²) in [6.45, 7) is 26.4. The topological polar surface area (TPSA) is 36.8 Å². The number of morpholine rings is 1. The van der Waals surface area contributed by atoms with Crippen LogP contribution in [0.15, 0.2) is 24.5 Å².